The molecule has 0 saturated heterocycles. The lowest BCUT2D eigenvalue weighted by molar-refractivity contribution is -0.174. The van der Waals surface area contributed by atoms with Crippen LogP contribution in [0, 0.1) is 5.41 Å². The van der Waals surface area contributed by atoms with Crippen LogP contribution in [0.3, 0.4) is 0 Å². The molecule has 444 valence electrons. The fraction of sp³-hybridized carbons (Fsp3) is 0.915. The molecule has 0 radical (unpaired) electrons. The van der Waals surface area contributed by atoms with E-state index in [1.807, 2.05) is 0 Å². The van der Waals surface area contributed by atoms with E-state index in [1.165, 1.54) is 295 Å². The second kappa shape index (κ2) is 63.3. The summed E-state index contributed by atoms with van der Waals surface area (Å²) in [6, 6.07) is 0. The molecule has 0 aromatic carbocycles. The monoisotopic (exact) mass is 1050 g/mol. The molecule has 0 aromatic rings. The molecule has 0 aliphatic heterocycles. The summed E-state index contributed by atoms with van der Waals surface area (Å²) < 4.78 is 12.3. The fourth-order valence-corrected chi connectivity index (χ4v) is 11.2. The normalized spacial score (nSPS) is 12.0. The van der Waals surface area contributed by atoms with Crippen LogP contribution >= 0.6 is 0 Å². The van der Waals surface area contributed by atoms with Crippen molar-refractivity contribution in [1.29, 1.82) is 0 Å². The zero-order valence-electron chi connectivity index (χ0n) is 51.9. The number of ether oxygens (including phenoxy) is 2. The molecule has 0 amide bonds. The Morgan fingerprint density at radius 3 is 0.627 bits per heavy atom. The van der Waals surface area contributed by atoms with Crippen LogP contribution in [-0.4, -0.2) is 25.2 Å². The van der Waals surface area contributed by atoms with E-state index in [0.717, 1.165) is 64.2 Å². The molecule has 0 unspecified atom stereocenters. The molecule has 0 aliphatic carbocycles. The average Bonchev–Trinajstić information content (AvgIpc) is 3.42. The predicted octanol–water partition coefficient (Wildman–Crippen LogP) is 24.9. The highest BCUT2D eigenvalue weighted by Crippen LogP contribution is 2.36. The lowest BCUT2D eigenvalue weighted by Crippen LogP contribution is -2.42. The van der Waals surface area contributed by atoms with E-state index in [-0.39, 0.29) is 11.9 Å². The first-order chi connectivity index (χ1) is 37.1. The molecular weight excluding hydrogens is 917 g/mol. The maximum atomic E-state index is 14.4. The Kier molecular flexibility index (Phi) is 61.9. The van der Waals surface area contributed by atoms with Gasteiger partial charge in [0.2, 0.25) is 0 Å². The van der Waals surface area contributed by atoms with Crippen LogP contribution in [0.2, 0.25) is 0 Å². The molecule has 0 atom stereocenters. The van der Waals surface area contributed by atoms with Gasteiger partial charge in [-0.3, -0.25) is 9.59 Å². The predicted molar refractivity (Wildman–Crippen MR) is 333 cm³/mol. The summed E-state index contributed by atoms with van der Waals surface area (Å²) in [7, 11) is 0. The molecule has 0 fully saturated rings. The minimum Gasteiger partial charge on any atom is -0.465 e. The highest BCUT2D eigenvalue weighted by molar-refractivity contribution is 6.00. The Balaban J connectivity index is 5.29. The first-order valence-electron chi connectivity index (χ1n) is 34.7. The minimum absolute atomic E-state index is 0.288. The fourth-order valence-electron chi connectivity index (χ4n) is 11.2. The van der Waals surface area contributed by atoms with Crippen molar-refractivity contribution in [2.75, 3.05) is 13.2 Å². The summed E-state index contributed by atoms with van der Waals surface area (Å²) in [5, 5.41) is 0. The van der Waals surface area contributed by atoms with Crippen LogP contribution in [0.25, 0.3) is 0 Å². The highest BCUT2D eigenvalue weighted by Gasteiger charge is 2.47. The number of carbonyl (C=O) groups is 2. The second-order valence-corrected chi connectivity index (χ2v) is 23.9. The maximum absolute atomic E-state index is 14.4. The van der Waals surface area contributed by atoms with E-state index in [0.29, 0.717) is 26.1 Å². The summed E-state index contributed by atoms with van der Waals surface area (Å²) in [6.07, 6.45) is 82.1. The number of allylic oxidation sites excluding steroid dienone is 4. The molecule has 0 N–H and O–H groups in total. The third-order valence-electron chi connectivity index (χ3n) is 16.5. The van der Waals surface area contributed by atoms with Gasteiger partial charge >= 0.3 is 11.9 Å². The van der Waals surface area contributed by atoms with Gasteiger partial charge in [0.1, 0.15) is 0 Å². The standard InChI is InChI=1S/C71H136O4/c1-5-9-13-17-21-25-29-33-37-39-41-45-49-53-57-61-65-71(66-62-58-54-50-46-42-40-38-34-30-26-22-18-14-10-6-2,69(72)74-67-63-59-55-51-47-43-35-31-27-23-19-15-11-7-3)70(73)75-68-64-60-56-52-48-44-36-32-28-24-20-16-12-8-4/h33-34,37-38H,5-32,35-36,39-68H2,1-4H3/b37-33-,38-34-. The number of unbranched alkanes of at least 4 members (excludes halogenated alkanes) is 50. The van der Waals surface area contributed by atoms with Crippen LogP contribution in [0.5, 0.6) is 0 Å². The zero-order chi connectivity index (χ0) is 54.3. The summed E-state index contributed by atoms with van der Waals surface area (Å²) in [4.78, 5) is 28.9. The van der Waals surface area contributed by atoms with Crippen molar-refractivity contribution in [3.63, 3.8) is 0 Å². The smallest absolute Gasteiger partial charge is 0.323 e. The molecular formula is C71H136O4. The van der Waals surface area contributed by atoms with Crippen LogP contribution < -0.4 is 0 Å². The van der Waals surface area contributed by atoms with E-state index in [4.69, 9.17) is 9.47 Å². The van der Waals surface area contributed by atoms with E-state index in [1.54, 1.807) is 0 Å². The van der Waals surface area contributed by atoms with Gasteiger partial charge in [-0.2, -0.15) is 0 Å². The van der Waals surface area contributed by atoms with Gasteiger partial charge in [0.25, 0.3) is 0 Å². The van der Waals surface area contributed by atoms with Gasteiger partial charge in [0, 0.05) is 0 Å². The quantitative estimate of drug-likeness (QED) is 0.0264. The average molecular weight is 1050 g/mol. The van der Waals surface area contributed by atoms with Gasteiger partial charge in [-0.15, -0.1) is 0 Å². The van der Waals surface area contributed by atoms with E-state index < -0.39 is 5.41 Å². The van der Waals surface area contributed by atoms with Crippen LogP contribution in [0.4, 0.5) is 0 Å². The van der Waals surface area contributed by atoms with E-state index in [2.05, 4.69) is 52.0 Å². The Morgan fingerprint density at radius 1 is 0.240 bits per heavy atom. The van der Waals surface area contributed by atoms with Gasteiger partial charge in [-0.05, 0) is 77.0 Å². The van der Waals surface area contributed by atoms with E-state index in [9.17, 15) is 9.59 Å². The third-order valence-corrected chi connectivity index (χ3v) is 16.5. The summed E-state index contributed by atoms with van der Waals surface area (Å²) >= 11 is 0. The van der Waals surface area contributed by atoms with Crippen molar-refractivity contribution in [1.82, 2.24) is 0 Å². The molecule has 0 heterocycles. The Hall–Kier alpha value is -1.58. The van der Waals surface area contributed by atoms with Crippen molar-refractivity contribution in [2.45, 2.75) is 400 Å². The number of esters is 2. The first-order valence-corrected chi connectivity index (χ1v) is 34.7. The summed E-state index contributed by atoms with van der Waals surface area (Å²) in [6.45, 7) is 10.0. The number of rotatable bonds is 64. The van der Waals surface area contributed by atoms with Crippen LogP contribution in [0.15, 0.2) is 24.3 Å². The van der Waals surface area contributed by atoms with E-state index >= 15 is 0 Å². The molecule has 0 aromatic heterocycles. The Morgan fingerprint density at radius 2 is 0.413 bits per heavy atom. The molecule has 0 spiro atoms. The highest BCUT2D eigenvalue weighted by atomic mass is 16.6. The Bertz CT molecular complexity index is 1080. The summed E-state index contributed by atoms with van der Waals surface area (Å²) in [5.41, 5.74) is -1.17. The van der Waals surface area contributed by atoms with Crippen molar-refractivity contribution >= 4 is 11.9 Å². The largest absolute Gasteiger partial charge is 0.465 e. The van der Waals surface area contributed by atoms with Crippen molar-refractivity contribution in [2.24, 2.45) is 5.41 Å². The van der Waals surface area contributed by atoms with Crippen molar-refractivity contribution in [3.05, 3.63) is 24.3 Å². The third kappa shape index (κ3) is 52.9. The topological polar surface area (TPSA) is 52.6 Å². The first kappa shape index (κ1) is 73.4. The maximum Gasteiger partial charge on any atom is 0.323 e. The molecule has 0 rings (SSSR count). The SMILES string of the molecule is CCCCCCCC/C=C\CCCCCCCCC(CCCCCCCC/C=C\CCCCCCCC)(C(=O)OCCCCCCCCCCCCCCCC)C(=O)OCCCCCCCCCCCCCCCC. The molecule has 4 nitrogen and oxygen atoms in total. The number of hydrogen-bond donors (Lipinski definition) is 0. The molecule has 0 bridgehead atoms. The Labute approximate surface area is 471 Å². The lowest BCUT2D eigenvalue weighted by atomic mass is 9.77. The van der Waals surface area contributed by atoms with Crippen molar-refractivity contribution < 1.29 is 19.1 Å². The molecule has 0 aliphatic rings. The minimum atomic E-state index is -1.17. The van der Waals surface area contributed by atoms with Gasteiger partial charge in [-0.25, -0.2) is 0 Å². The zero-order valence-corrected chi connectivity index (χ0v) is 51.9. The molecule has 75 heavy (non-hydrogen) atoms. The van der Waals surface area contributed by atoms with Gasteiger partial charge in [0.15, 0.2) is 5.41 Å². The molecule has 4 heteroatoms. The van der Waals surface area contributed by atoms with Gasteiger partial charge in [-0.1, -0.05) is 347 Å². The second-order valence-electron chi connectivity index (χ2n) is 23.9. The molecule has 0 saturated carbocycles. The van der Waals surface area contributed by atoms with Crippen LogP contribution in [0.1, 0.15) is 400 Å². The number of hydrogen-bond acceptors (Lipinski definition) is 4. The summed E-state index contributed by atoms with van der Waals surface area (Å²) in [5.74, 6) is -0.577. The van der Waals surface area contributed by atoms with Crippen molar-refractivity contribution in [3.8, 4) is 0 Å². The van der Waals surface area contributed by atoms with Gasteiger partial charge in [0.05, 0.1) is 13.2 Å². The van der Waals surface area contributed by atoms with Gasteiger partial charge < -0.3 is 9.47 Å². The van der Waals surface area contributed by atoms with Crippen LogP contribution in [-0.2, 0) is 19.1 Å². The lowest BCUT2D eigenvalue weighted by Gasteiger charge is -2.30. The number of carbonyl (C=O) groups excluding carboxylic acids is 2.